The van der Waals surface area contributed by atoms with E-state index in [4.69, 9.17) is 5.73 Å². The fourth-order valence-corrected chi connectivity index (χ4v) is 2.77. The molecule has 2 unspecified atom stereocenters. The Morgan fingerprint density at radius 3 is 2.61 bits per heavy atom. The van der Waals surface area contributed by atoms with Crippen LogP contribution in [0.3, 0.4) is 0 Å². The molecule has 1 aromatic carbocycles. The summed E-state index contributed by atoms with van der Waals surface area (Å²) >= 11 is 0. The van der Waals surface area contributed by atoms with E-state index in [2.05, 4.69) is 48.3 Å². The Balaban J connectivity index is 1.94. The molecular formula is C15H25N3. The Bertz CT molecular complexity index is 372. The topological polar surface area (TPSA) is 41.3 Å². The van der Waals surface area contributed by atoms with E-state index in [0.717, 1.165) is 32.6 Å². The number of rotatable bonds is 4. The highest BCUT2D eigenvalue weighted by Crippen LogP contribution is 2.21. The molecule has 0 spiro atoms. The van der Waals surface area contributed by atoms with Gasteiger partial charge in [-0.1, -0.05) is 24.3 Å². The van der Waals surface area contributed by atoms with Crippen LogP contribution in [0, 0.1) is 6.92 Å². The van der Waals surface area contributed by atoms with Crippen LogP contribution in [-0.4, -0.2) is 37.1 Å². The van der Waals surface area contributed by atoms with Crippen molar-refractivity contribution < 1.29 is 0 Å². The van der Waals surface area contributed by atoms with Crippen LogP contribution < -0.4 is 11.1 Å². The Morgan fingerprint density at radius 1 is 1.28 bits per heavy atom. The van der Waals surface area contributed by atoms with E-state index < -0.39 is 0 Å². The molecule has 0 saturated carbocycles. The number of piperazine rings is 1. The SMILES string of the molecule is Cc1ccccc1C(N)CC(C)N1CCNCC1. The molecule has 0 aliphatic carbocycles. The van der Waals surface area contributed by atoms with Crippen molar-refractivity contribution >= 4 is 0 Å². The normalized spacial score (nSPS) is 20.6. The van der Waals surface area contributed by atoms with Gasteiger partial charge in [0.25, 0.3) is 0 Å². The van der Waals surface area contributed by atoms with E-state index >= 15 is 0 Å². The molecule has 18 heavy (non-hydrogen) atoms. The van der Waals surface area contributed by atoms with Gasteiger partial charge >= 0.3 is 0 Å². The van der Waals surface area contributed by atoms with Gasteiger partial charge in [0.05, 0.1) is 0 Å². The van der Waals surface area contributed by atoms with Gasteiger partial charge in [0.2, 0.25) is 0 Å². The molecule has 1 heterocycles. The first-order valence-electron chi connectivity index (χ1n) is 6.94. The van der Waals surface area contributed by atoms with Crippen LogP contribution in [0.5, 0.6) is 0 Å². The van der Waals surface area contributed by atoms with Crippen LogP contribution in [0.1, 0.15) is 30.5 Å². The van der Waals surface area contributed by atoms with Gasteiger partial charge in [-0.05, 0) is 31.4 Å². The molecule has 2 atom stereocenters. The summed E-state index contributed by atoms with van der Waals surface area (Å²) in [6, 6.07) is 9.16. The van der Waals surface area contributed by atoms with E-state index in [9.17, 15) is 0 Å². The zero-order chi connectivity index (χ0) is 13.0. The van der Waals surface area contributed by atoms with Crippen molar-refractivity contribution in [2.45, 2.75) is 32.4 Å². The Hall–Kier alpha value is -0.900. The standard InChI is InChI=1S/C15H25N3/c1-12-5-3-4-6-14(12)15(16)11-13(2)18-9-7-17-8-10-18/h3-6,13,15,17H,7-11,16H2,1-2H3. The van der Waals surface area contributed by atoms with Crippen molar-refractivity contribution in [3.8, 4) is 0 Å². The summed E-state index contributed by atoms with van der Waals surface area (Å²) in [5.41, 5.74) is 8.96. The maximum absolute atomic E-state index is 6.36. The number of nitrogens with one attached hydrogen (secondary N) is 1. The first kappa shape index (κ1) is 13.5. The monoisotopic (exact) mass is 247 g/mol. The molecule has 100 valence electrons. The zero-order valence-corrected chi connectivity index (χ0v) is 11.5. The summed E-state index contributed by atoms with van der Waals surface area (Å²) in [6.45, 7) is 8.92. The summed E-state index contributed by atoms with van der Waals surface area (Å²) in [6.07, 6.45) is 1.03. The van der Waals surface area contributed by atoms with Gasteiger partial charge < -0.3 is 11.1 Å². The van der Waals surface area contributed by atoms with Crippen LogP contribution in [0.4, 0.5) is 0 Å². The van der Waals surface area contributed by atoms with E-state index in [1.165, 1.54) is 11.1 Å². The van der Waals surface area contributed by atoms with Gasteiger partial charge in [-0.25, -0.2) is 0 Å². The van der Waals surface area contributed by atoms with Gasteiger partial charge in [0.15, 0.2) is 0 Å². The second-order valence-corrected chi connectivity index (χ2v) is 5.33. The molecule has 0 bridgehead atoms. The van der Waals surface area contributed by atoms with E-state index in [0.29, 0.717) is 6.04 Å². The molecule has 3 N–H and O–H groups in total. The molecule has 1 aromatic rings. The predicted molar refractivity (Wildman–Crippen MR) is 76.6 cm³/mol. The first-order valence-corrected chi connectivity index (χ1v) is 6.94. The smallest absolute Gasteiger partial charge is 0.0312 e. The summed E-state index contributed by atoms with van der Waals surface area (Å²) in [7, 11) is 0. The van der Waals surface area contributed by atoms with Gasteiger partial charge in [0, 0.05) is 38.3 Å². The molecule has 3 heteroatoms. The van der Waals surface area contributed by atoms with Crippen LogP contribution in [0.25, 0.3) is 0 Å². The summed E-state index contributed by atoms with van der Waals surface area (Å²) in [4.78, 5) is 2.54. The van der Waals surface area contributed by atoms with E-state index in [1.807, 2.05) is 0 Å². The second-order valence-electron chi connectivity index (χ2n) is 5.33. The highest BCUT2D eigenvalue weighted by molar-refractivity contribution is 5.28. The Morgan fingerprint density at radius 2 is 1.94 bits per heavy atom. The highest BCUT2D eigenvalue weighted by atomic mass is 15.2. The third-order valence-electron chi connectivity index (χ3n) is 3.96. The second kappa shape index (κ2) is 6.32. The lowest BCUT2D eigenvalue weighted by Gasteiger charge is -2.34. The van der Waals surface area contributed by atoms with Crippen molar-refractivity contribution in [3.63, 3.8) is 0 Å². The molecule has 1 saturated heterocycles. The minimum atomic E-state index is 0.149. The van der Waals surface area contributed by atoms with E-state index in [1.54, 1.807) is 0 Å². The molecule has 0 aromatic heterocycles. The van der Waals surface area contributed by atoms with Crippen LogP contribution >= 0.6 is 0 Å². The average Bonchev–Trinajstić information content (AvgIpc) is 2.40. The molecule has 3 nitrogen and oxygen atoms in total. The Labute approximate surface area is 110 Å². The van der Waals surface area contributed by atoms with Gasteiger partial charge in [-0.2, -0.15) is 0 Å². The fourth-order valence-electron chi connectivity index (χ4n) is 2.77. The quantitative estimate of drug-likeness (QED) is 0.850. The van der Waals surface area contributed by atoms with Gasteiger partial charge in [-0.15, -0.1) is 0 Å². The average molecular weight is 247 g/mol. The number of nitrogens with two attached hydrogens (primary N) is 1. The largest absolute Gasteiger partial charge is 0.324 e. The first-order chi connectivity index (χ1) is 8.68. The molecule has 1 aliphatic heterocycles. The maximum Gasteiger partial charge on any atom is 0.0312 e. The molecular weight excluding hydrogens is 222 g/mol. The van der Waals surface area contributed by atoms with Crippen molar-refractivity contribution in [3.05, 3.63) is 35.4 Å². The minimum absolute atomic E-state index is 0.149. The van der Waals surface area contributed by atoms with E-state index in [-0.39, 0.29) is 6.04 Å². The lowest BCUT2D eigenvalue weighted by atomic mass is 9.96. The summed E-state index contributed by atoms with van der Waals surface area (Å²) < 4.78 is 0. The number of benzene rings is 1. The van der Waals surface area contributed by atoms with Crippen molar-refractivity contribution in [2.75, 3.05) is 26.2 Å². The molecule has 0 radical (unpaired) electrons. The third kappa shape index (κ3) is 3.31. The predicted octanol–water partition coefficient (Wildman–Crippen LogP) is 1.68. The molecule has 1 fully saturated rings. The van der Waals surface area contributed by atoms with Crippen LogP contribution in [0.15, 0.2) is 24.3 Å². The number of aryl methyl sites for hydroxylation is 1. The lowest BCUT2D eigenvalue weighted by Crippen LogP contribution is -2.48. The number of hydrogen-bond acceptors (Lipinski definition) is 3. The number of nitrogens with zero attached hydrogens (tertiary/aromatic N) is 1. The lowest BCUT2D eigenvalue weighted by molar-refractivity contribution is 0.170. The van der Waals surface area contributed by atoms with Gasteiger partial charge in [0.1, 0.15) is 0 Å². The molecule has 2 rings (SSSR count). The summed E-state index contributed by atoms with van der Waals surface area (Å²) in [5.74, 6) is 0. The molecule has 1 aliphatic rings. The molecule has 0 amide bonds. The maximum atomic E-state index is 6.36. The van der Waals surface area contributed by atoms with Crippen LogP contribution in [0.2, 0.25) is 0 Å². The minimum Gasteiger partial charge on any atom is -0.324 e. The van der Waals surface area contributed by atoms with Crippen molar-refractivity contribution in [2.24, 2.45) is 5.73 Å². The van der Waals surface area contributed by atoms with Crippen LogP contribution in [-0.2, 0) is 0 Å². The number of hydrogen-bond donors (Lipinski definition) is 2. The third-order valence-corrected chi connectivity index (χ3v) is 3.96. The zero-order valence-electron chi connectivity index (χ0n) is 11.5. The summed E-state index contributed by atoms with van der Waals surface area (Å²) in [5, 5.41) is 3.39. The highest BCUT2D eigenvalue weighted by Gasteiger charge is 2.19. The van der Waals surface area contributed by atoms with Crippen molar-refractivity contribution in [1.29, 1.82) is 0 Å². The Kier molecular flexibility index (Phi) is 4.75. The van der Waals surface area contributed by atoms with Crippen molar-refractivity contribution in [1.82, 2.24) is 10.2 Å². The van der Waals surface area contributed by atoms with Gasteiger partial charge in [-0.3, -0.25) is 4.90 Å². The fraction of sp³-hybridized carbons (Fsp3) is 0.600.